The van der Waals surface area contributed by atoms with E-state index in [2.05, 4.69) is 18.8 Å². The molecule has 4 heteroatoms. The number of fused-ring (bicyclic) bond motifs is 1. The molecule has 0 saturated heterocycles. The second kappa shape index (κ2) is 5.45. The number of hydrogen-bond acceptors (Lipinski definition) is 2. The SMILES string of the molecule is CCC(C)C(c1c[nH]c2ccccc12)C(N)C(=O)O. The summed E-state index contributed by atoms with van der Waals surface area (Å²) in [5.74, 6) is -0.917. The molecule has 2 rings (SSSR count). The molecular formula is C15H20N2O2. The van der Waals surface area contributed by atoms with Crippen molar-refractivity contribution >= 4 is 16.9 Å². The van der Waals surface area contributed by atoms with E-state index in [1.165, 1.54) is 0 Å². The van der Waals surface area contributed by atoms with E-state index in [0.717, 1.165) is 22.9 Å². The summed E-state index contributed by atoms with van der Waals surface area (Å²) in [7, 11) is 0. The molecular weight excluding hydrogens is 240 g/mol. The maximum Gasteiger partial charge on any atom is 0.321 e. The van der Waals surface area contributed by atoms with Crippen LogP contribution in [0, 0.1) is 5.92 Å². The number of benzene rings is 1. The zero-order valence-electron chi connectivity index (χ0n) is 11.3. The molecule has 4 N–H and O–H groups in total. The fourth-order valence-electron chi connectivity index (χ4n) is 2.63. The van der Waals surface area contributed by atoms with Gasteiger partial charge in [-0.2, -0.15) is 0 Å². The summed E-state index contributed by atoms with van der Waals surface area (Å²) < 4.78 is 0. The lowest BCUT2D eigenvalue weighted by molar-refractivity contribution is -0.139. The molecule has 3 atom stereocenters. The smallest absolute Gasteiger partial charge is 0.321 e. The number of carboxylic acid groups (broad SMARTS) is 1. The third-order valence-corrected chi connectivity index (χ3v) is 3.91. The van der Waals surface area contributed by atoms with Gasteiger partial charge in [-0.15, -0.1) is 0 Å². The summed E-state index contributed by atoms with van der Waals surface area (Å²) in [6.45, 7) is 4.11. The Balaban J connectivity index is 2.51. The van der Waals surface area contributed by atoms with Crippen LogP contribution in [-0.2, 0) is 4.79 Å². The molecule has 0 aliphatic rings. The largest absolute Gasteiger partial charge is 0.480 e. The number of para-hydroxylation sites is 1. The van der Waals surface area contributed by atoms with Gasteiger partial charge >= 0.3 is 5.97 Å². The van der Waals surface area contributed by atoms with Crippen molar-refractivity contribution in [1.82, 2.24) is 4.98 Å². The maximum absolute atomic E-state index is 11.3. The Morgan fingerprint density at radius 3 is 2.74 bits per heavy atom. The fraction of sp³-hybridized carbons (Fsp3) is 0.400. The summed E-state index contributed by atoms with van der Waals surface area (Å²) in [5.41, 5.74) is 7.92. The monoisotopic (exact) mass is 260 g/mol. The third kappa shape index (κ3) is 2.49. The van der Waals surface area contributed by atoms with Crippen LogP contribution in [0.4, 0.5) is 0 Å². The van der Waals surface area contributed by atoms with Crippen LogP contribution in [0.3, 0.4) is 0 Å². The average Bonchev–Trinajstić information content (AvgIpc) is 2.82. The van der Waals surface area contributed by atoms with Crippen LogP contribution in [0.15, 0.2) is 30.5 Å². The van der Waals surface area contributed by atoms with E-state index < -0.39 is 12.0 Å². The molecule has 1 aromatic heterocycles. The number of carboxylic acids is 1. The number of aliphatic carboxylic acids is 1. The lowest BCUT2D eigenvalue weighted by atomic mass is 9.80. The first kappa shape index (κ1) is 13.6. The van der Waals surface area contributed by atoms with Gasteiger partial charge in [0, 0.05) is 23.0 Å². The van der Waals surface area contributed by atoms with Crippen LogP contribution in [-0.4, -0.2) is 22.1 Å². The number of carbonyl (C=O) groups is 1. The van der Waals surface area contributed by atoms with Gasteiger partial charge in [-0.3, -0.25) is 4.79 Å². The lowest BCUT2D eigenvalue weighted by Gasteiger charge is -2.26. The molecule has 0 aliphatic heterocycles. The summed E-state index contributed by atoms with van der Waals surface area (Å²) in [4.78, 5) is 14.5. The van der Waals surface area contributed by atoms with Crippen LogP contribution in [0.1, 0.15) is 31.7 Å². The highest BCUT2D eigenvalue weighted by atomic mass is 16.4. The first-order valence-corrected chi connectivity index (χ1v) is 6.60. The van der Waals surface area contributed by atoms with Gasteiger partial charge in [0.2, 0.25) is 0 Å². The van der Waals surface area contributed by atoms with Gasteiger partial charge in [-0.1, -0.05) is 38.5 Å². The molecule has 3 unspecified atom stereocenters. The molecule has 1 heterocycles. The molecule has 2 aromatic rings. The van der Waals surface area contributed by atoms with E-state index in [0.29, 0.717) is 0 Å². The van der Waals surface area contributed by atoms with Crippen LogP contribution >= 0.6 is 0 Å². The standard InChI is InChI=1S/C15H20N2O2/c1-3-9(2)13(14(16)15(18)19)11-8-17-12-7-5-4-6-10(11)12/h4-9,13-14,17H,3,16H2,1-2H3,(H,18,19). The van der Waals surface area contributed by atoms with Crippen LogP contribution in [0.5, 0.6) is 0 Å². The van der Waals surface area contributed by atoms with E-state index in [4.69, 9.17) is 5.73 Å². The van der Waals surface area contributed by atoms with Gasteiger partial charge in [0.1, 0.15) is 6.04 Å². The minimum atomic E-state index is -0.949. The molecule has 0 amide bonds. The first-order chi connectivity index (χ1) is 9.06. The number of rotatable bonds is 5. The zero-order valence-corrected chi connectivity index (χ0v) is 11.3. The Hall–Kier alpha value is -1.81. The van der Waals surface area contributed by atoms with Crippen molar-refractivity contribution in [3.05, 3.63) is 36.0 Å². The number of aromatic nitrogens is 1. The second-order valence-electron chi connectivity index (χ2n) is 5.06. The Labute approximate surface area is 112 Å². The minimum Gasteiger partial charge on any atom is -0.480 e. The summed E-state index contributed by atoms with van der Waals surface area (Å²) in [5, 5.41) is 10.3. The van der Waals surface area contributed by atoms with Crippen molar-refractivity contribution in [1.29, 1.82) is 0 Å². The Morgan fingerprint density at radius 1 is 1.42 bits per heavy atom. The van der Waals surface area contributed by atoms with Crippen LogP contribution < -0.4 is 5.73 Å². The highest BCUT2D eigenvalue weighted by molar-refractivity contribution is 5.85. The Morgan fingerprint density at radius 2 is 2.11 bits per heavy atom. The van der Waals surface area contributed by atoms with E-state index >= 15 is 0 Å². The Bertz CT molecular complexity index is 576. The van der Waals surface area contributed by atoms with Gasteiger partial charge in [0.25, 0.3) is 0 Å². The maximum atomic E-state index is 11.3. The van der Waals surface area contributed by atoms with Gasteiger partial charge < -0.3 is 15.8 Å². The number of nitrogens with two attached hydrogens (primary N) is 1. The van der Waals surface area contributed by atoms with Gasteiger partial charge in [0.05, 0.1) is 0 Å². The molecule has 0 spiro atoms. The molecule has 1 aromatic carbocycles. The average molecular weight is 260 g/mol. The number of aromatic amines is 1. The number of nitrogens with one attached hydrogen (secondary N) is 1. The van der Waals surface area contributed by atoms with Gasteiger partial charge in [-0.25, -0.2) is 0 Å². The number of hydrogen-bond donors (Lipinski definition) is 3. The molecule has 0 saturated carbocycles. The summed E-state index contributed by atoms with van der Waals surface area (Å²) in [6.07, 6.45) is 2.79. The Kier molecular flexibility index (Phi) is 3.90. The van der Waals surface area contributed by atoms with Crippen molar-refractivity contribution < 1.29 is 9.90 Å². The van der Waals surface area contributed by atoms with Crippen molar-refractivity contribution in [2.45, 2.75) is 32.2 Å². The molecule has 0 fully saturated rings. The predicted octanol–water partition coefficient (Wildman–Crippen LogP) is 2.71. The van der Waals surface area contributed by atoms with Gasteiger partial charge in [0.15, 0.2) is 0 Å². The highest BCUT2D eigenvalue weighted by Gasteiger charge is 2.31. The second-order valence-corrected chi connectivity index (χ2v) is 5.06. The number of H-pyrrole nitrogens is 1. The first-order valence-electron chi connectivity index (χ1n) is 6.60. The van der Waals surface area contributed by atoms with Crippen molar-refractivity contribution in [3.8, 4) is 0 Å². The fourth-order valence-corrected chi connectivity index (χ4v) is 2.63. The van der Waals surface area contributed by atoms with Crippen molar-refractivity contribution in [2.24, 2.45) is 11.7 Å². The highest BCUT2D eigenvalue weighted by Crippen LogP contribution is 2.34. The molecule has 102 valence electrons. The molecule has 0 aliphatic carbocycles. The minimum absolute atomic E-state index is 0.182. The van der Waals surface area contributed by atoms with E-state index in [1.807, 2.05) is 30.5 Å². The van der Waals surface area contributed by atoms with Crippen LogP contribution in [0.25, 0.3) is 10.9 Å². The topological polar surface area (TPSA) is 79.1 Å². The predicted molar refractivity (Wildman–Crippen MR) is 76.1 cm³/mol. The van der Waals surface area contributed by atoms with E-state index in [9.17, 15) is 9.90 Å². The van der Waals surface area contributed by atoms with E-state index in [-0.39, 0.29) is 11.8 Å². The van der Waals surface area contributed by atoms with E-state index in [1.54, 1.807) is 0 Å². The molecule has 0 radical (unpaired) electrons. The van der Waals surface area contributed by atoms with Crippen LogP contribution in [0.2, 0.25) is 0 Å². The third-order valence-electron chi connectivity index (χ3n) is 3.91. The lowest BCUT2D eigenvalue weighted by Crippen LogP contribution is -2.39. The normalized spacial score (nSPS) is 16.2. The molecule has 4 nitrogen and oxygen atoms in total. The van der Waals surface area contributed by atoms with Gasteiger partial charge in [-0.05, 0) is 17.5 Å². The summed E-state index contributed by atoms with van der Waals surface area (Å²) in [6, 6.07) is 7.02. The van der Waals surface area contributed by atoms with Crippen molar-refractivity contribution in [3.63, 3.8) is 0 Å². The molecule has 19 heavy (non-hydrogen) atoms. The summed E-state index contributed by atoms with van der Waals surface area (Å²) >= 11 is 0. The quantitative estimate of drug-likeness (QED) is 0.773. The van der Waals surface area contributed by atoms with Crippen molar-refractivity contribution in [2.75, 3.05) is 0 Å². The molecule has 0 bridgehead atoms. The zero-order chi connectivity index (χ0) is 14.0.